The van der Waals surface area contributed by atoms with Crippen molar-refractivity contribution in [2.45, 2.75) is 25.4 Å². The van der Waals surface area contributed by atoms with Crippen LogP contribution in [0.15, 0.2) is 17.5 Å². The number of sulfonamides is 1. The van der Waals surface area contributed by atoms with Gasteiger partial charge in [0.2, 0.25) is 10.0 Å². The summed E-state index contributed by atoms with van der Waals surface area (Å²) in [7, 11) is -3.37. The van der Waals surface area contributed by atoms with E-state index < -0.39 is 15.6 Å². The van der Waals surface area contributed by atoms with Gasteiger partial charge in [-0.15, -0.1) is 11.3 Å². The summed E-state index contributed by atoms with van der Waals surface area (Å²) in [6.07, 6.45) is 1.56. The van der Waals surface area contributed by atoms with E-state index in [9.17, 15) is 13.5 Å². The van der Waals surface area contributed by atoms with Gasteiger partial charge in [-0.25, -0.2) is 13.1 Å². The Morgan fingerprint density at radius 1 is 1.50 bits per heavy atom. The average Bonchev–Trinajstić information content (AvgIpc) is 2.92. The molecular formula is C13H21NO4S2. The zero-order valence-electron chi connectivity index (χ0n) is 11.5. The Labute approximate surface area is 124 Å². The standard InChI is InChI=1S/C13H21NO4S2/c1-13(15,12-3-2-8-19-12)10-14-20(16,17)9-11-4-6-18-7-5-11/h2-3,8,11,14-15H,4-7,9-10H2,1H3. The molecule has 1 atom stereocenters. The Morgan fingerprint density at radius 2 is 2.20 bits per heavy atom. The van der Waals surface area contributed by atoms with Crippen LogP contribution < -0.4 is 4.72 Å². The first-order chi connectivity index (χ1) is 9.39. The van der Waals surface area contributed by atoms with Crippen LogP contribution in [0.3, 0.4) is 0 Å². The molecule has 0 aromatic carbocycles. The maximum absolute atomic E-state index is 12.1. The predicted octanol–water partition coefficient (Wildman–Crippen LogP) is 1.30. The van der Waals surface area contributed by atoms with Crippen molar-refractivity contribution in [2.75, 3.05) is 25.5 Å². The lowest BCUT2D eigenvalue weighted by molar-refractivity contribution is 0.0656. The number of hydrogen-bond donors (Lipinski definition) is 2. The van der Waals surface area contributed by atoms with Gasteiger partial charge in [0.1, 0.15) is 5.60 Å². The highest BCUT2D eigenvalue weighted by molar-refractivity contribution is 7.89. The highest BCUT2D eigenvalue weighted by atomic mass is 32.2. The van der Waals surface area contributed by atoms with Gasteiger partial charge >= 0.3 is 0 Å². The lowest BCUT2D eigenvalue weighted by Crippen LogP contribution is -2.40. The van der Waals surface area contributed by atoms with E-state index in [1.54, 1.807) is 13.0 Å². The first-order valence-corrected chi connectivity index (χ1v) is 9.24. The van der Waals surface area contributed by atoms with Gasteiger partial charge in [0.15, 0.2) is 0 Å². The molecule has 0 radical (unpaired) electrons. The molecule has 1 aliphatic rings. The summed E-state index contributed by atoms with van der Waals surface area (Å²) in [5.74, 6) is 0.254. The lowest BCUT2D eigenvalue weighted by atomic mass is 10.0. The Hall–Kier alpha value is -0.470. The van der Waals surface area contributed by atoms with E-state index in [1.807, 2.05) is 11.4 Å². The number of aliphatic hydroxyl groups is 1. The fourth-order valence-corrected chi connectivity index (χ4v) is 4.56. The van der Waals surface area contributed by atoms with Gasteiger partial charge in [0.25, 0.3) is 0 Å². The van der Waals surface area contributed by atoms with Crippen LogP contribution in [-0.4, -0.2) is 39.0 Å². The maximum atomic E-state index is 12.1. The zero-order valence-corrected chi connectivity index (χ0v) is 13.2. The lowest BCUT2D eigenvalue weighted by Gasteiger charge is -2.25. The molecule has 2 heterocycles. The minimum Gasteiger partial charge on any atom is -0.383 e. The van der Waals surface area contributed by atoms with Gasteiger partial charge in [-0.2, -0.15) is 0 Å². The Bertz CT molecular complexity index is 504. The van der Waals surface area contributed by atoms with Crippen molar-refractivity contribution in [3.05, 3.63) is 22.4 Å². The summed E-state index contributed by atoms with van der Waals surface area (Å²) in [6.45, 7) is 2.88. The van der Waals surface area contributed by atoms with Crippen molar-refractivity contribution in [3.8, 4) is 0 Å². The van der Waals surface area contributed by atoms with Gasteiger partial charge in [-0.1, -0.05) is 6.07 Å². The van der Waals surface area contributed by atoms with Gasteiger partial charge in [0.05, 0.1) is 5.75 Å². The van der Waals surface area contributed by atoms with Crippen LogP contribution in [0.2, 0.25) is 0 Å². The molecule has 0 aliphatic carbocycles. The molecule has 5 nitrogen and oxygen atoms in total. The van der Waals surface area contributed by atoms with Crippen LogP contribution in [0, 0.1) is 5.92 Å². The normalized spacial score (nSPS) is 20.7. The van der Waals surface area contributed by atoms with E-state index in [0.29, 0.717) is 13.2 Å². The number of ether oxygens (including phenoxy) is 1. The third kappa shape index (κ3) is 4.53. The fourth-order valence-electron chi connectivity index (χ4n) is 2.20. The monoisotopic (exact) mass is 319 g/mol. The third-order valence-electron chi connectivity index (χ3n) is 3.48. The second-order valence-electron chi connectivity index (χ2n) is 5.41. The van der Waals surface area contributed by atoms with Crippen molar-refractivity contribution < 1.29 is 18.3 Å². The SMILES string of the molecule is CC(O)(CNS(=O)(=O)CC1CCOCC1)c1cccs1. The van der Waals surface area contributed by atoms with Crippen molar-refractivity contribution >= 4 is 21.4 Å². The summed E-state index contributed by atoms with van der Waals surface area (Å²) in [5, 5.41) is 12.2. The van der Waals surface area contributed by atoms with E-state index in [1.165, 1.54) is 11.3 Å². The summed E-state index contributed by atoms with van der Waals surface area (Å²) in [6, 6.07) is 3.64. The van der Waals surface area contributed by atoms with Crippen molar-refractivity contribution in [2.24, 2.45) is 5.92 Å². The van der Waals surface area contributed by atoms with E-state index in [0.717, 1.165) is 17.7 Å². The molecule has 1 aromatic rings. The molecule has 1 fully saturated rings. The zero-order chi connectivity index (χ0) is 14.6. The fraction of sp³-hybridized carbons (Fsp3) is 0.692. The van der Waals surface area contributed by atoms with Gasteiger partial charge in [-0.3, -0.25) is 0 Å². The molecule has 0 saturated carbocycles. The second-order valence-corrected chi connectivity index (χ2v) is 8.21. The van der Waals surface area contributed by atoms with Crippen molar-refractivity contribution in [1.82, 2.24) is 4.72 Å². The minimum atomic E-state index is -3.37. The van der Waals surface area contributed by atoms with Crippen LogP contribution in [0.4, 0.5) is 0 Å². The van der Waals surface area contributed by atoms with Crippen molar-refractivity contribution in [3.63, 3.8) is 0 Å². The highest BCUT2D eigenvalue weighted by Crippen LogP contribution is 2.25. The molecule has 0 bridgehead atoms. The molecule has 7 heteroatoms. The van der Waals surface area contributed by atoms with Crippen LogP contribution in [0.25, 0.3) is 0 Å². The number of nitrogens with one attached hydrogen (secondary N) is 1. The molecule has 1 unspecified atom stereocenters. The molecule has 2 rings (SSSR count). The third-order valence-corrected chi connectivity index (χ3v) is 6.10. The Kier molecular flexibility index (Phi) is 5.19. The predicted molar refractivity (Wildman–Crippen MR) is 79.2 cm³/mol. The molecule has 0 amide bonds. The summed E-state index contributed by atoms with van der Waals surface area (Å²) >= 11 is 1.41. The van der Waals surface area contributed by atoms with E-state index >= 15 is 0 Å². The van der Waals surface area contributed by atoms with Crippen LogP contribution in [0.1, 0.15) is 24.6 Å². The van der Waals surface area contributed by atoms with Gasteiger partial charge in [-0.05, 0) is 37.1 Å². The molecule has 1 aromatic heterocycles. The van der Waals surface area contributed by atoms with Gasteiger partial charge < -0.3 is 9.84 Å². The first kappa shape index (κ1) is 15.9. The summed E-state index contributed by atoms with van der Waals surface area (Å²) in [5.41, 5.74) is -1.17. The van der Waals surface area contributed by atoms with E-state index in [4.69, 9.17) is 4.74 Å². The number of thiophene rings is 1. The molecule has 1 saturated heterocycles. The van der Waals surface area contributed by atoms with Crippen LogP contribution >= 0.6 is 11.3 Å². The molecule has 20 heavy (non-hydrogen) atoms. The summed E-state index contributed by atoms with van der Waals surface area (Å²) in [4.78, 5) is 0.756. The topological polar surface area (TPSA) is 75.6 Å². The first-order valence-electron chi connectivity index (χ1n) is 6.70. The highest BCUT2D eigenvalue weighted by Gasteiger charge is 2.28. The Balaban J connectivity index is 1.88. The molecule has 114 valence electrons. The van der Waals surface area contributed by atoms with Crippen LogP contribution in [-0.2, 0) is 20.4 Å². The quantitative estimate of drug-likeness (QED) is 0.829. The van der Waals surface area contributed by atoms with Gasteiger partial charge in [0, 0.05) is 24.6 Å². The van der Waals surface area contributed by atoms with E-state index in [-0.39, 0.29) is 18.2 Å². The molecule has 1 aliphatic heterocycles. The minimum absolute atomic E-state index is 0.000926. The molecule has 2 N–H and O–H groups in total. The number of hydrogen-bond acceptors (Lipinski definition) is 5. The van der Waals surface area contributed by atoms with Crippen LogP contribution in [0.5, 0.6) is 0 Å². The summed E-state index contributed by atoms with van der Waals surface area (Å²) < 4.78 is 31.9. The van der Waals surface area contributed by atoms with E-state index in [2.05, 4.69) is 4.72 Å². The smallest absolute Gasteiger partial charge is 0.211 e. The molecule has 0 spiro atoms. The number of rotatable bonds is 6. The Morgan fingerprint density at radius 3 is 2.80 bits per heavy atom. The maximum Gasteiger partial charge on any atom is 0.211 e. The van der Waals surface area contributed by atoms with Crippen molar-refractivity contribution in [1.29, 1.82) is 0 Å². The second kappa shape index (κ2) is 6.53. The molecular weight excluding hydrogens is 298 g/mol. The average molecular weight is 319 g/mol. The largest absolute Gasteiger partial charge is 0.383 e.